The highest BCUT2D eigenvalue weighted by molar-refractivity contribution is 6.32. The first-order valence-corrected chi connectivity index (χ1v) is 52.1. The molecule has 0 saturated carbocycles. The summed E-state index contributed by atoms with van der Waals surface area (Å²) >= 11 is 0. The van der Waals surface area contributed by atoms with E-state index in [-0.39, 0.29) is 17.8 Å². The molecule has 0 N–H and O–H groups in total. The van der Waals surface area contributed by atoms with Crippen molar-refractivity contribution in [1.82, 2.24) is 0 Å². The molecule has 0 amide bonds. The fraction of sp³-hybridized carbons (Fsp3) is 0.0986. The maximum absolute atomic E-state index is 6.92. The third kappa shape index (κ3) is 16.1. The monoisotopic (exact) mass is 1900 g/mol. The second-order valence-corrected chi connectivity index (χ2v) is 40.9. The Labute approximate surface area is 865 Å². The van der Waals surface area contributed by atoms with Crippen LogP contribution in [0.1, 0.15) is 112 Å². The average molecular weight is 1910 g/mol. The van der Waals surface area contributed by atoms with E-state index in [1.54, 1.807) is 0 Å². The fourth-order valence-corrected chi connectivity index (χ4v) is 23.3. The minimum Gasteiger partial charge on any atom is -0.456 e. The Morgan fingerprint density at radius 1 is 0.162 bits per heavy atom. The highest BCUT2D eigenvalue weighted by Gasteiger charge is 2.32. The van der Waals surface area contributed by atoms with E-state index < -0.39 is 0 Å². The molecule has 0 saturated heterocycles. The zero-order valence-electron chi connectivity index (χ0n) is 84.9. The van der Waals surface area contributed by atoms with Gasteiger partial charge in [0.05, 0.1) is 39.8 Å². The van der Waals surface area contributed by atoms with Crippen LogP contribution in [0.5, 0.6) is 0 Å². The van der Waals surface area contributed by atoms with E-state index in [9.17, 15) is 0 Å². The van der Waals surface area contributed by atoms with Crippen molar-refractivity contribution in [2.75, 3.05) is 19.6 Å². The zero-order valence-corrected chi connectivity index (χ0v) is 84.9. The molecule has 148 heavy (non-hydrogen) atoms. The van der Waals surface area contributed by atoms with Crippen LogP contribution in [0, 0.1) is 13.8 Å². The molecule has 0 bridgehead atoms. The molecule has 712 valence electrons. The zero-order chi connectivity index (χ0) is 100. The smallest absolute Gasteiger partial charge is 0.159 e. The third-order valence-corrected chi connectivity index (χ3v) is 30.5. The van der Waals surface area contributed by atoms with Crippen LogP contribution in [-0.2, 0) is 0 Å². The van der Waals surface area contributed by atoms with Gasteiger partial charge in [0.25, 0.3) is 0 Å². The summed E-state index contributed by atoms with van der Waals surface area (Å²) in [5.41, 5.74) is 38.8. The van der Waals surface area contributed by atoms with Crippen LogP contribution in [0.25, 0.3) is 175 Å². The molecule has 0 aliphatic carbocycles. The summed E-state index contributed by atoms with van der Waals surface area (Å²) in [6, 6.07) is 174. The van der Waals surface area contributed by atoms with E-state index in [2.05, 4.69) is 556 Å². The standard InChI is InChI=1S/2C71H56N2O/c1-45(2)61-43-63(50-33-37-52(38-34-50)72(51-35-31-47(5)32-36-51)64-27-15-12-23-53(64)48-19-8-6-9-20-48)58-40-39-57-62(46(3)4)44-67(60-42-41-56(61)69(58)70(57)60)73(65-28-16-13-24-54(65)49-21-10-7-11-22-49)66-29-18-26-59-55-25-14-17-30-68(55)74-71(59)66;1-45(2)61-43-63(50-30-34-52(35-31-50)72(51-32-28-47(5)29-33-51)65-25-15-12-22-54(65)48-18-8-6-9-19-48)59-38-37-58-62(46(3)4)44-67(60-40-39-57(61)70(59)71(58)60)73(66-26-16-13-23-55(66)49-20-10-7-11-21-49)53-36-41-69-64(42-53)56-24-14-17-27-68(56)74-69/h2*6-46H,1-5H3. The van der Waals surface area contributed by atoms with Crippen molar-refractivity contribution in [1.29, 1.82) is 0 Å². The summed E-state index contributed by atoms with van der Waals surface area (Å²) in [5.74, 6) is 1.07. The molecule has 6 heteroatoms. The molecule has 24 aromatic carbocycles. The molecule has 0 unspecified atom stereocenters. The number of fused-ring (bicyclic) bond motifs is 6. The van der Waals surface area contributed by atoms with Gasteiger partial charge in [0.2, 0.25) is 0 Å². The second-order valence-electron chi connectivity index (χ2n) is 40.9. The minimum atomic E-state index is 0.242. The van der Waals surface area contributed by atoms with Crippen molar-refractivity contribution in [2.45, 2.75) is 92.9 Å². The highest BCUT2D eigenvalue weighted by Crippen LogP contribution is 2.57. The van der Waals surface area contributed by atoms with Gasteiger partial charge in [-0.2, -0.15) is 0 Å². The lowest BCUT2D eigenvalue weighted by molar-refractivity contribution is 0.668. The maximum Gasteiger partial charge on any atom is 0.159 e. The van der Waals surface area contributed by atoms with Crippen molar-refractivity contribution < 1.29 is 8.83 Å². The SMILES string of the molecule is Cc1ccc(N(c2ccc(-c3cc(C(C)C)c4ccc5c(N(c6ccc7oc8ccccc8c7c6)c6ccccc6-c6ccccc6)cc(C(C)C)c6ccc3c4c65)cc2)c2ccccc2-c2ccccc2)cc1.Cc1ccc(N(c2ccc(-c3cc(C(C)C)c4ccc5c(N(c6ccccc6-c6ccccc6)c6cccc7c6oc6ccccc67)cc(C(C)C)c6ccc3c4c65)cc2)c2ccccc2-c2ccccc2)cc1. The number of furan rings is 2. The number of nitrogens with zero attached hydrogens (tertiary/aromatic N) is 4. The Morgan fingerprint density at radius 3 is 0.838 bits per heavy atom. The van der Waals surface area contributed by atoms with Crippen LogP contribution in [-0.4, -0.2) is 0 Å². The first kappa shape index (κ1) is 91.4. The van der Waals surface area contributed by atoms with Gasteiger partial charge in [0, 0.05) is 83.0 Å². The molecule has 0 aliphatic heterocycles. The Kier molecular flexibility index (Phi) is 23.5. The average Bonchev–Trinajstić information content (AvgIpc) is 1.03. The Morgan fingerprint density at radius 2 is 0.439 bits per heavy atom. The molecule has 26 aromatic rings. The van der Waals surface area contributed by atoms with Gasteiger partial charge in [0.15, 0.2) is 5.58 Å². The first-order chi connectivity index (χ1) is 72.6. The summed E-state index contributed by atoms with van der Waals surface area (Å²) in [6.45, 7) is 23.0. The molecule has 0 fully saturated rings. The van der Waals surface area contributed by atoms with Gasteiger partial charge in [-0.3, -0.25) is 0 Å². The van der Waals surface area contributed by atoms with Gasteiger partial charge < -0.3 is 28.4 Å². The molecule has 0 spiro atoms. The van der Waals surface area contributed by atoms with Gasteiger partial charge in [-0.1, -0.05) is 406 Å². The number of hydrogen-bond donors (Lipinski definition) is 0. The number of rotatable bonds is 22. The van der Waals surface area contributed by atoms with E-state index in [0.29, 0.717) is 5.92 Å². The van der Waals surface area contributed by atoms with Crippen LogP contribution in [0.3, 0.4) is 0 Å². The first-order valence-electron chi connectivity index (χ1n) is 52.1. The van der Waals surface area contributed by atoms with E-state index >= 15 is 0 Å². The van der Waals surface area contributed by atoms with Crippen molar-refractivity contribution in [3.05, 3.63) is 507 Å². The molecule has 2 heterocycles. The van der Waals surface area contributed by atoms with Gasteiger partial charge >= 0.3 is 0 Å². The maximum atomic E-state index is 6.92. The molecule has 6 nitrogen and oxygen atoms in total. The normalized spacial score (nSPS) is 11.8. The summed E-state index contributed by atoms with van der Waals surface area (Å²) in [6.07, 6.45) is 0. The van der Waals surface area contributed by atoms with Gasteiger partial charge in [0.1, 0.15) is 16.7 Å². The van der Waals surface area contributed by atoms with E-state index in [0.717, 1.165) is 123 Å². The van der Waals surface area contributed by atoms with Gasteiger partial charge in [-0.05, 0) is 292 Å². The van der Waals surface area contributed by atoms with Crippen molar-refractivity contribution in [3.8, 4) is 66.8 Å². The predicted octanol–water partition coefficient (Wildman–Crippen LogP) is 42.0. The lowest BCUT2D eigenvalue weighted by Gasteiger charge is -2.31. The van der Waals surface area contributed by atoms with Crippen LogP contribution in [0.2, 0.25) is 0 Å². The minimum absolute atomic E-state index is 0.242. The van der Waals surface area contributed by atoms with Crippen molar-refractivity contribution in [2.24, 2.45) is 0 Å². The van der Waals surface area contributed by atoms with Gasteiger partial charge in [-0.25, -0.2) is 0 Å². The lowest BCUT2D eigenvalue weighted by atomic mass is 9.82. The third-order valence-electron chi connectivity index (χ3n) is 30.5. The Balaban J connectivity index is 0.000000154. The Hall–Kier alpha value is -17.8. The highest BCUT2D eigenvalue weighted by atomic mass is 16.3. The van der Waals surface area contributed by atoms with Gasteiger partial charge in [-0.15, -0.1) is 0 Å². The van der Waals surface area contributed by atoms with E-state index in [1.165, 1.54) is 154 Å². The van der Waals surface area contributed by atoms with E-state index in [4.69, 9.17) is 8.83 Å². The Bertz CT molecular complexity index is 9460. The van der Waals surface area contributed by atoms with Crippen molar-refractivity contribution >= 4 is 177 Å². The van der Waals surface area contributed by atoms with Crippen LogP contribution in [0.15, 0.2) is 482 Å². The topological polar surface area (TPSA) is 39.2 Å². The molecule has 2 aromatic heterocycles. The number of anilines is 12. The summed E-state index contributed by atoms with van der Waals surface area (Å²) in [7, 11) is 0. The predicted molar refractivity (Wildman–Crippen MR) is 632 cm³/mol. The number of benzene rings is 24. The second kappa shape index (κ2) is 38.0. The fourth-order valence-electron chi connectivity index (χ4n) is 23.3. The van der Waals surface area contributed by atoms with Crippen molar-refractivity contribution in [3.63, 3.8) is 0 Å². The molecule has 0 atom stereocenters. The molecule has 0 radical (unpaired) electrons. The lowest BCUT2D eigenvalue weighted by Crippen LogP contribution is -2.13. The van der Waals surface area contributed by atoms with Crippen LogP contribution in [0.4, 0.5) is 68.2 Å². The van der Waals surface area contributed by atoms with Crippen LogP contribution < -0.4 is 19.6 Å². The molecular formula is C142H112N4O2. The number of hydrogen-bond acceptors (Lipinski definition) is 6. The molecule has 26 rings (SSSR count). The quantitative estimate of drug-likeness (QED) is 0.0630. The summed E-state index contributed by atoms with van der Waals surface area (Å²) < 4.78 is 13.4. The molecular weight excluding hydrogens is 1790 g/mol. The summed E-state index contributed by atoms with van der Waals surface area (Å²) in [5, 5.41) is 19.8. The molecule has 0 aliphatic rings. The summed E-state index contributed by atoms with van der Waals surface area (Å²) in [4.78, 5) is 9.81. The largest absolute Gasteiger partial charge is 0.456 e. The van der Waals surface area contributed by atoms with E-state index in [1.807, 2.05) is 6.07 Å². The number of para-hydroxylation sites is 7. The number of aryl methyl sites for hydroxylation is 2. The van der Waals surface area contributed by atoms with Crippen LogP contribution >= 0.6 is 0 Å².